The highest BCUT2D eigenvalue weighted by Gasteiger charge is 2.23. The van der Waals surface area contributed by atoms with Crippen molar-refractivity contribution in [3.8, 4) is 0 Å². The number of thioether (sulfide) groups is 1. The zero-order chi connectivity index (χ0) is 11.3. The molecule has 1 saturated carbocycles. The fourth-order valence-electron chi connectivity index (χ4n) is 2.16. The van der Waals surface area contributed by atoms with Crippen molar-refractivity contribution >= 4 is 11.8 Å². The first-order valence-corrected chi connectivity index (χ1v) is 7.04. The SMILES string of the molecule is CSC(CO)C(C)NC1CCC(O)CC1. The summed E-state index contributed by atoms with van der Waals surface area (Å²) in [5, 5.41) is 22.4. The lowest BCUT2D eigenvalue weighted by Gasteiger charge is -2.31. The minimum Gasteiger partial charge on any atom is -0.395 e. The molecule has 0 bridgehead atoms. The summed E-state index contributed by atoms with van der Waals surface area (Å²) in [7, 11) is 0. The van der Waals surface area contributed by atoms with E-state index in [-0.39, 0.29) is 18.0 Å². The Kier molecular flexibility index (Phi) is 5.97. The van der Waals surface area contributed by atoms with Crippen LogP contribution in [0.3, 0.4) is 0 Å². The van der Waals surface area contributed by atoms with Crippen LogP contribution in [0.25, 0.3) is 0 Å². The Bertz CT molecular complexity index is 168. The molecule has 0 radical (unpaired) electrons. The second-order valence-electron chi connectivity index (χ2n) is 4.42. The lowest BCUT2D eigenvalue weighted by Crippen LogP contribution is -2.45. The molecule has 1 fully saturated rings. The Morgan fingerprint density at radius 1 is 1.33 bits per heavy atom. The van der Waals surface area contributed by atoms with Crippen LogP contribution in [0.5, 0.6) is 0 Å². The number of aliphatic hydroxyl groups is 2. The van der Waals surface area contributed by atoms with Gasteiger partial charge in [0.2, 0.25) is 0 Å². The van der Waals surface area contributed by atoms with Crippen molar-refractivity contribution in [2.75, 3.05) is 12.9 Å². The van der Waals surface area contributed by atoms with Gasteiger partial charge in [-0.15, -0.1) is 0 Å². The van der Waals surface area contributed by atoms with Crippen LogP contribution in [0, 0.1) is 0 Å². The van der Waals surface area contributed by atoms with Crippen LogP contribution < -0.4 is 5.32 Å². The molecular weight excluding hydrogens is 210 g/mol. The summed E-state index contributed by atoms with van der Waals surface area (Å²) in [6, 6.07) is 0.856. The van der Waals surface area contributed by atoms with E-state index in [1.54, 1.807) is 11.8 Å². The molecule has 0 aromatic carbocycles. The molecule has 1 rings (SSSR count). The molecule has 3 N–H and O–H groups in total. The van der Waals surface area contributed by atoms with Gasteiger partial charge in [-0.3, -0.25) is 0 Å². The summed E-state index contributed by atoms with van der Waals surface area (Å²) in [6.45, 7) is 2.35. The van der Waals surface area contributed by atoms with Crippen molar-refractivity contribution < 1.29 is 10.2 Å². The highest BCUT2D eigenvalue weighted by atomic mass is 32.2. The van der Waals surface area contributed by atoms with E-state index in [0.29, 0.717) is 12.1 Å². The maximum Gasteiger partial charge on any atom is 0.0564 e. The van der Waals surface area contributed by atoms with Crippen molar-refractivity contribution in [1.82, 2.24) is 5.32 Å². The van der Waals surface area contributed by atoms with Crippen LogP contribution in [0.15, 0.2) is 0 Å². The Morgan fingerprint density at radius 3 is 2.40 bits per heavy atom. The number of hydrogen-bond acceptors (Lipinski definition) is 4. The van der Waals surface area contributed by atoms with Crippen LogP contribution in [0.4, 0.5) is 0 Å². The molecule has 0 heterocycles. The third-order valence-electron chi connectivity index (χ3n) is 3.24. The molecule has 0 aromatic rings. The van der Waals surface area contributed by atoms with Gasteiger partial charge in [-0.05, 0) is 38.9 Å². The van der Waals surface area contributed by atoms with Crippen LogP contribution >= 0.6 is 11.8 Å². The van der Waals surface area contributed by atoms with E-state index < -0.39 is 0 Å². The molecule has 1 aliphatic carbocycles. The van der Waals surface area contributed by atoms with Crippen molar-refractivity contribution in [3.05, 3.63) is 0 Å². The Hall–Kier alpha value is 0.230. The summed E-state index contributed by atoms with van der Waals surface area (Å²) in [4.78, 5) is 0. The molecule has 1 aliphatic rings. The largest absolute Gasteiger partial charge is 0.395 e. The topological polar surface area (TPSA) is 52.5 Å². The summed E-state index contributed by atoms with van der Waals surface area (Å²) < 4.78 is 0. The molecule has 0 aromatic heterocycles. The molecule has 3 nitrogen and oxygen atoms in total. The van der Waals surface area contributed by atoms with Crippen LogP contribution in [-0.2, 0) is 0 Å². The van der Waals surface area contributed by atoms with E-state index >= 15 is 0 Å². The highest BCUT2D eigenvalue weighted by Crippen LogP contribution is 2.20. The van der Waals surface area contributed by atoms with Crippen molar-refractivity contribution in [2.24, 2.45) is 0 Å². The van der Waals surface area contributed by atoms with E-state index in [1.807, 2.05) is 6.26 Å². The second kappa shape index (κ2) is 6.74. The summed E-state index contributed by atoms with van der Waals surface area (Å²) in [5.74, 6) is 0. The molecule has 90 valence electrons. The summed E-state index contributed by atoms with van der Waals surface area (Å²) in [6.07, 6.45) is 5.87. The average molecular weight is 233 g/mol. The number of hydrogen-bond donors (Lipinski definition) is 3. The monoisotopic (exact) mass is 233 g/mol. The fourth-order valence-corrected chi connectivity index (χ4v) is 2.79. The standard InChI is InChI=1S/C11H23NO2S/c1-8(11(7-13)15-2)12-9-3-5-10(14)6-4-9/h8-14H,3-7H2,1-2H3. The van der Waals surface area contributed by atoms with E-state index in [0.717, 1.165) is 25.7 Å². The van der Waals surface area contributed by atoms with E-state index in [9.17, 15) is 5.11 Å². The van der Waals surface area contributed by atoms with Crippen molar-refractivity contribution in [1.29, 1.82) is 0 Å². The smallest absolute Gasteiger partial charge is 0.0564 e. The molecule has 4 heteroatoms. The fraction of sp³-hybridized carbons (Fsp3) is 1.00. The van der Waals surface area contributed by atoms with Gasteiger partial charge < -0.3 is 15.5 Å². The van der Waals surface area contributed by atoms with Gasteiger partial charge in [-0.1, -0.05) is 0 Å². The predicted octanol–water partition coefficient (Wildman–Crippen LogP) is 0.992. The molecule has 0 aliphatic heterocycles. The third kappa shape index (κ3) is 4.31. The van der Waals surface area contributed by atoms with Crippen LogP contribution in [0.1, 0.15) is 32.6 Å². The predicted molar refractivity (Wildman–Crippen MR) is 65.2 cm³/mol. The number of aliphatic hydroxyl groups excluding tert-OH is 2. The Balaban J connectivity index is 2.28. The van der Waals surface area contributed by atoms with Gasteiger partial charge in [0.05, 0.1) is 12.7 Å². The maximum atomic E-state index is 9.39. The minimum absolute atomic E-state index is 0.0902. The minimum atomic E-state index is -0.0902. The van der Waals surface area contributed by atoms with Gasteiger partial charge in [0.25, 0.3) is 0 Å². The van der Waals surface area contributed by atoms with Gasteiger partial charge >= 0.3 is 0 Å². The van der Waals surface area contributed by atoms with Gasteiger partial charge in [0.15, 0.2) is 0 Å². The quantitative estimate of drug-likeness (QED) is 0.663. The molecule has 0 amide bonds. The van der Waals surface area contributed by atoms with Crippen molar-refractivity contribution in [3.63, 3.8) is 0 Å². The lowest BCUT2D eigenvalue weighted by atomic mass is 9.92. The average Bonchev–Trinajstić information content (AvgIpc) is 2.23. The molecule has 0 spiro atoms. The van der Waals surface area contributed by atoms with Crippen LogP contribution in [-0.4, -0.2) is 46.5 Å². The Labute approximate surface area is 96.6 Å². The number of nitrogens with one attached hydrogen (secondary N) is 1. The normalized spacial score (nSPS) is 31.2. The summed E-state index contributed by atoms with van der Waals surface area (Å²) in [5.41, 5.74) is 0. The van der Waals surface area contributed by atoms with E-state index in [1.165, 1.54) is 0 Å². The first kappa shape index (κ1) is 13.3. The van der Waals surface area contributed by atoms with Gasteiger partial charge in [0, 0.05) is 17.3 Å². The molecule has 2 atom stereocenters. The highest BCUT2D eigenvalue weighted by molar-refractivity contribution is 7.99. The number of rotatable bonds is 5. The lowest BCUT2D eigenvalue weighted by molar-refractivity contribution is 0.113. The van der Waals surface area contributed by atoms with Gasteiger partial charge in [-0.25, -0.2) is 0 Å². The molecule has 0 saturated heterocycles. The molecular formula is C11H23NO2S. The summed E-state index contributed by atoms with van der Waals surface area (Å²) >= 11 is 1.71. The zero-order valence-corrected chi connectivity index (χ0v) is 10.5. The van der Waals surface area contributed by atoms with E-state index in [2.05, 4.69) is 12.2 Å². The van der Waals surface area contributed by atoms with Crippen molar-refractivity contribution in [2.45, 2.75) is 56.0 Å². The molecule has 2 unspecified atom stereocenters. The van der Waals surface area contributed by atoms with E-state index in [4.69, 9.17) is 5.11 Å². The zero-order valence-electron chi connectivity index (χ0n) is 9.65. The Morgan fingerprint density at radius 2 is 1.93 bits per heavy atom. The first-order valence-electron chi connectivity index (χ1n) is 5.75. The second-order valence-corrected chi connectivity index (χ2v) is 5.49. The van der Waals surface area contributed by atoms with Gasteiger partial charge in [0.1, 0.15) is 0 Å². The first-order chi connectivity index (χ1) is 7.17. The molecule has 15 heavy (non-hydrogen) atoms. The third-order valence-corrected chi connectivity index (χ3v) is 4.40. The maximum absolute atomic E-state index is 9.39. The van der Waals surface area contributed by atoms with Gasteiger partial charge in [-0.2, -0.15) is 11.8 Å². The van der Waals surface area contributed by atoms with Crippen LogP contribution in [0.2, 0.25) is 0 Å².